The fourth-order valence-corrected chi connectivity index (χ4v) is 2.90. The van der Waals surface area contributed by atoms with Crippen LogP contribution >= 0.6 is 0 Å². The van der Waals surface area contributed by atoms with Gasteiger partial charge in [0.2, 0.25) is 0 Å². The van der Waals surface area contributed by atoms with E-state index < -0.39 is 0 Å². The predicted molar refractivity (Wildman–Crippen MR) is 73.7 cm³/mol. The summed E-state index contributed by atoms with van der Waals surface area (Å²) in [6, 6.07) is 0.927. The van der Waals surface area contributed by atoms with E-state index in [2.05, 4.69) is 18.7 Å². The van der Waals surface area contributed by atoms with Gasteiger partial charge in [0, 0.05) is 45.3 Å². The number of amides is 2. The van der Waals surface area contributed by atoms with E-state index in [0.29, 0.717) is 6.04 Å². The van der Waals surface area contributed by atoms with Crippen molar-refractivity contribution in [3.63, 3.8) is 0 Å². The molecule has 0 aliphatic carbocycles. The van der Waals surface area contributed by atoms with Gasteiger partial charge < -0.3 is 9.80 Å². The van der Waals surface area contributed by atoms with Crippen molar-refractivity contribution in [3.05, 3.63) is 0 Å². The molecule has 0 aromatic rings. The molecule has 0 saturated carbocycles. The summed E-state index contributed by atoms with van der Waals surface area (Å²) in [7, 11) is 0. The van der Waals surface area contributed by atoms with E-state index in [4.69, 9.17) is 0 Å². The maximum atomic E-state index is 12.3. The van der Waals surface area contributed by atoms with E-state index >= 15 is 0 Å². The molecule has 2 saturated heterocycles. The first kappa shape index (κ1) is 13.7. The lowest BCUT2D eigenvalue weighted by molar-refractivity contribution is 0.0902. The minimum Gasteiger partial charge on any atom is -0.325 e. The largest absolute Gasteiger partial charge is 0.325 e. The van der Waals surface area contributed by atoms with Gasteiger partial charge in [-0.1, -0.05) is 6.92 Å². The fraction of sp³-hybridized carbons (Fsp3) is 0.929. The molecule has 18 heavy (non-hydrogen) atoms. The Morgan fingerprint density at radius 1 is 0.944 bits per heavy atom. The van der Waals surface area contributed by atoms with Crippen LogP contribution in [-0.2, 0) is 0 Å². The number of piperidine rings is 1. The third kappa shape index (κ3) is 3.16. The lowest BCUT2D eigenvalue weighted by atomic mass is 10.1. The van der Waals surface area contributed by atoms with Crippen LogP contribution in [0.15, 0.2) is 0 Å². The second-order valence-corrected chi connectivity index (χ2v) is 5.61. The molecule has 2 aliphatic rings. The van der Waals surface area contributed by atoms with Crippen molar-refractivity contribution in [2.75, 3.05) is 39.3 Å². The van der Waals surface area contributed by atoms with Crippen molar-refractivity contribution < 1.29 is 4.79 Å². The molecule has 0 radical (unpaired) electrons. The van der Waals surface area contributed by atoms with Gasteiger partial charge in [-0.15, -0.1) is 0 Å². The van der Waals surface area contributed by atoms with Crippen LogP contribution in [0.1, 0.15) is 39.5 Å². The Morgan fingerprint density at radius 3 is 2.06 bits per heavy atom. The summed E-state index contributed by atoms with van der Waals surface area (Å²) in [4.78, 5) is 18.9. The zero-order chi connectivity index (χ0) is 13.0. The maximum absolute atomic E-state index is 12.3. The van der Waals surface area contributed by atoms with Crippen LogP contribution in [0.25, 0.3) is 0 Å². The Morgan fingerprint density at radius 2 is 1.50 bits per heavy atom. The lowest BCUT2D eigenvalue weighted by Crippen LogP contribution is -2.55. The first-order valence-electron chi connectivity index (χ1n) is 7.50. The van der Waals surface area contributed by atoms with Gasteiger partial charge in [-0.3, -0.25) is 4.90 Å². The second-order valence-electron chi connectivity index (χ2n) is 5.61. The van der Waals surface area contributed by atoms with E-state index in [1.54, 1.807) is 0 Å². The third-order valence-electron chi connectivity index (χ3n) is 4.43. The molecule has 4 heteroatoms. The molecule has 4 nitrogen and oxygen atoms in total. The Balaban J connectivity index is 1.79. The first-order valence-corrected chi connectivity index (χ1v) is 7.50. The summed E-state index contributed by atoms with van der Waals surface area (Å²) >= 11 is 0. The quantitative estimate of drug-likeness (QED) is 0.752. The van der Waals surface area contributed by atoms with E-state index in [0.717, 1.165) is 39.3 Å². The Hall–Kier alpha value is -0.770. The van der Waals surface area contributed by atoms with Crippen LogP contribution in [0, 0.1) is 0 Å². The molecule has 2 fully saturated rings. The minimum atomic E-state index is 0.276. The van der Waals surface area contributed by atoms with Crippen LogP contribution in [0.5, 0.6) is 0 Å². The molecule has 0 aromatic heterocycles. The fourth-order valence-electron chi connectivity index (χ4n) is 2.90. The molecule has 0 bridgehead atoms. The summed E-state index contributed by atoms with van der Waals surface area (Å²) in [5.41, 5.74) is 0. The maximum Gasteiger partial charge on any atom is 0.320 e. The van der Waals surface area contributed by atoms with Gasteiger partial charge in [-0.25, -0.2) is 4.79 Å². The summed E-state index contributed by atoms with van der Waals surface area (Å²) in [6.07, 6.45) is 4.84. The number of hydrogen-bond acceptors (Lipinski definition) is 2. The van der Waals surface area contributed by atoms with Gasteiger partial charge in [0.25, 0.3) is 0 Å². The Labute approximate surface area is 111 Å². The lowest BCUT2D eigenvalue weighted by Gasteiger charge is -2.40. The molecule has 2 aliphatic heterocycles. The van der Waals surface area contributed by atoms with E-state index in [1.807, 2.05) is 9.80 Å². The number of urea groups is 1. The van der Waals surface area contributed by atoms with Gasteiger partial charge in [0.05, 0.1) is 0 Å². The van der Waals surface area contributed by atoms with Crippen molar-refractivity contribution in [3.8, 4) is 0 Å². The number of carbonyl (C=O) groups excluding carboxylic acids is 1. The molecule has 1 atom stereocenters. The van der Waals surface area contributed by atoms with Crippen molar-refractivity contribution in [2.45, 2.75) is 45.6 Å². The highest BCUT2D eigenvalue weighted by molar-refractivity contribution is 5.74. The highest BCUT2D eigenvalue weighted by atomic mass is 16.2. The van der Waals surface area contributed by atoms with Crippen molar-refractivity contribution >= 4 is 6.03 Å². The van der Waals surface area contributed by atoms with E-state index in [-0.39, 0.29) is 6.03 Å². The number of hydrogen-bond donors (Lipinski definition) is 0. The van der Waals surface area contributed by atoms with Gasteiger partial charge >= 0.3 is 6.03 Å². The molecule has 2 heterocycles. The molecular weight excluding hydrogens is 226 g/mol. The van der Waals surface area contributed by atoms with Gasteiger partial charge in [0.15, 0.2) is 0 Å². The first-order chi connectivity index (χ1) is 8.72. The number of likely N-dealkylation sites (tertiary alicyclic amines) is 1. The van der Waals surface area contributed by atoms with Crippen molar-refractivity contribution in [1.82, 2.24) is 14.7 Å². The van der Waals surface area contributed by atoms with Gasteiger partial charge in [-0.05, 0) is 32.6 Å². The summed E-state index contributed by atoms with van der Waals surface area (Å²) in [6.45, 7) is 10.3. The normalized spacial score (nSPS) is 24.1. The molecule has 0 N–H and O–H groups in total. The third-order valence-corrected chi connectivity index (χ3v) is 4.43. The summed E-state index contributed by atoms with van der Waals surface area (Å²) < 4.78 is 0. The van der Waals surface area contributed by atoms with E-state index in [9.17, 15) is 4.79 Å². The van der Waals surface area contributed by atoms with Gasteiger partial charge in [0.1, 0.15) is 0 Å². The molecule has 1 unspecified atom stereocenters. The highest BCUT2D eigenvalue weighted by Crippen LogP contribution is 2.14. The number of nitrogens with zero attached hydrogens (tertiary/aromatic N) is 3. The molecule has 104 valence electrons. The van der Waals surface area contributed by atoms with E-state index in [1.165, 1.54) is 25.7 Å². The van der Waals surface area contributed by atoms with Gasteiger partial charge in [-0.2, -0.15) is 0 Å². The topological polar surface area (TPSA) is 26.8 Å². The predicted octanol–water partition coefficient (Wildman–Crippen LogP) is 2.01. The highest BCUT2D eigenvalue weighted by Gasteiger charge is 2.27. The Kier molecular flexibility index (Phi) is 4.87. The molecule has 0 aromatic carbocycles. The molecular formula is C14H27N3O. The smallest absolute Gasteiger partial charge is 0.320 e. The average Bonchev–Trinajstić information content (AvgIpc) is 2.47. The average molecular weight is 253 g/mol. The summed E-state index contributed by atoms with van der Waals surface area (Å²) in [5.74, 6) is 0. The number of carbonyl (C=O) groups is 1. The SMILES string of the molecule is CCC(C)N1CCN(C(=O)N2CCCCC2)CC1. The van der Waals surface area contributed by atoms with Crippen LogP contribution in [-0.4, -0.2) is 66.0 Å². The number of piperazine rings is 1. The monoisotopic (exact) mass is 253 g/mol. The van der Waals surface area contributed by atoms with Crippen LogP contribution in [0.3, 0.4) is 0 Å². The molecule has 0 spiro atoms. The summed E-state index contributed by atoms with van der Waals surface area (Å²) in [5, 5.41) is 0. The van der Waals surface area contributed by atoms with Crippen molar-refractivity contribution in [2.24, 2.45) is 0 Å². The standard InChI is InChI=1S/C14H27N3O/c1-3-13(2)15-9-11-17(12-10-15)14(18)16-7-5-4-6-8-16/h13H,3-12H2,1-2H3. The molecule has 2 amide bonds. The Bertz CT molecular complexity index is 268. The van der Waals surface area contributed by atoms with Crippen LogP contribution in [0.2, 0.25) is 0 Å². The second kappa shape index (κ2) is 6.41. The minimum absolute atomic E-state index is 0.276. The number of rotatable bonds is 2. The van der Waals surface area contributed by atoms with Crippen LogP contribution in [0.4, 0.5) is 4.79 Å². The van der Waals surface area contributed by atoms with Crippen molar-refractivity contribution in [1.29, 1.82) is 0 Å². The zero-order valence-corrected chi connectivity index (χ0v) is 11.9. The van der Waals surface area contributed by atoms with Crippen LogP contribution < -0.4 is 0 Å². The zero-order valence-electron chi connectivity index (χ0n) is 11.9. The molecule has 2 rings (SSSR count).